The zero-order valence-corrected chi connectivity index (χ0v) is 13.7. The molecule has 0 radical (unpaired) electrons. The van der Waals surface area contributed by atoms with Crippen molar-refractivity contribution in [2.75, 3.05) is 36.5 Å². The molecule has 1 heterocycles. The molecule has 21 heavy (non-hydrogen) atoms. The molecule has 4 nitrogen and oxygen atoms in total. The van der Waals surface area contributed by atoms with Gasteiger partial charge in [-0.3, -0.25) is 9.69 Å². The molecular weight excluding hydrogens is 282 g/mol. The summed E-state index contributed by atoms with van der Waals surface area (Å²) in [5, 5.41) is 6.43. The van der Waals surface area contributed by atoms with Gasteiger partial charge in [0.1, 0.15) is 0 Å². The molecule has 0 aliphatic carbocycles. The van der Waals surface area contributed by atoms with Gasteiger partial charge in [0, 0.05) is 42.9 Å². The van der Waals surface area contributed by atoms with Crippen molar-refractivity contribution in [3.63, 3.8) is 0 Å². The van der Waals surface area contributed by atoms with Crippen molar-refractivity contribution < 1.29 is 4.79 Å². The number of hydrogen-bond donors (Lipinski definition) is 2. The van der Waals surface area contributed by atoms with E-state index in [0.717, 1.165) is 30.3 Å². The largest absolute Gasteiger partial charge is 0.381 e. The second-order valence-electron chi connectivity index (χ2n) is 5.48. The smallest absolute Gasteiger partial charge is 0.237 e. The van der Waals surface area contributed by atoms with Gasteiger partial charge in [0.25, 0.3) is 0 Å². The van der Waals surface area contributed by atoms with Crippen molar-refractivity contribution in [1.29, 1.82) is 0 Å². The fourth-order valence-corrected chi connectivity index (χ4v) is 3.33. The average Bonchev–Trinajstić information content (AvgIpc) is 2.53. The molecular formula is C16H25N3OS. The number of thioether (sulfide) groups is 1. The van der Waals surface area contributed by atoms with E-state index in [-0.39, 0.29) is 18.0 Å². The Morgan fingerprint density at radius 2 is 1.90 bits per heavy atom. The number of carbonyl (C=O) groups excluding carboxylic acids is 1. The minimum absolute atomic E-state index is 0.0326. The van der Waals surface area contributed by atoms with Gasteiger partial charge in [-0.15, -0.1) is 0 Å². The molecule has 2 N–H and O–H groups in total. The fraction of sp³-hybridized carbons (Fsp3) is 0.562. The predicted octanol–water partition coefficient (Wildman–Crippen LogP) is 2.04. The number of amides is 1. The standard InChI is InChI=1S/C16H25N3OS/c1-13(18-15-6-4-3-5-7-15)12-17-16(20)14(2)19-8-10-21-11-9-19/h3-7,13-14,18H,8-12H2,1-2H3,(H,17,20). The van der Waals surface area contributed by atoms with Crippen LogP contribution in [-0.4, -0.2) is 54.0 Å². The fourth-order valence-electron chi connectivity index (χ4n) is 2.40. The minimum atomic E-state index is -0.0326. The lowest BCUT2D eigenvalue weighted by Gasteiger charge is -2.31. The first-order valence-electron chi connectivity index (χ1n) is 7.58. The summed E-state index contributed by atoms with van der Waals surface area (Å²) in [6, 6.07) is 10.2. The molecule has 116 valence electrons. The molecule has 5 heteroatoms. The van der Waals surface area contributed by atoms with Crippen LogP contribution in [0, 0.1) is 0 Å². The number of anilines is 1. The van der Waals surface area contributed by atoms with Gasteiger partial charge in [-0.25, -0.2) is 0 Å². The highest BCUT2D eigenvalue weighted by atomic mass is 32.2. The highest BCUT2D eigenvalue weighted by Crippen LogP contribution is 2.12. The summed E-state index contributed by atoms with van der Waals surface area (Å²) >= 11 is 1.96. The number of para-hydroxylation sites is 1. The molecule has 2 rings (SSSR count). The highest BCUT2D eigenvalue weighted by molar-refractivity contribution is 7.99. The van der Waals surface area contributed by atoms with E-state index >= 15 is 0 Å². The molecule has 0 aromatic heterocycles. The third-order valence-electron chi connectivity index (χ3n) is 3.74. The molecule has 1 aromatic rings. The van der Waals surface area contributed by atoms with Crippen molar-refractivity contribution in [2.45, 2.75) is 25.9 Å². The summed E-state index contributed by atoms with van der Waals surface area (Å²) in [5.41, 5.74) is 1.08. The van der Waals surface area contributed by atoms with E-state index in [9.17, 15) is 4.79 Å². The molecule has 1 amide bonds. The number of nitrogens with zero attached hydrogens (tertiary/aromatic N) is 1. The Morgan fingerprint density at radius 3 is 2.57 bits per heavy atom. The van der Waals surface area contributed by atoms with E-state index in [1.807, 2.05) is 49.0 Å². The van der Waals surface area contributed by atoms with Gasteiger partial charge in [-0.2, -0.15) is 11.8 Å². The molecule has 1 aliphatic heterocycles. The summed E-state index contributed by atoms with van der Waals surface area (Å²) in [6.45, 7) is 6.74. The Hall–Kier alpha value is -1.20. The van der Waals surface area contributed by atoms with Crippen LogP contribution >= 0.6 is 11.8 Å². The van der Waals surface area contributed by atoms with Crippen LogP contribution in [0.4, 0.5) is 5.69 Å². The van der Waals surface area contributed by atoms with E-state index in [0.29, 0.717) is 6.54 Å². The summed E-state index contributed by atoms with van der Waals surface area (Å²) in [7, 11) is 0. The number of hydrogen-bond acceptors (Lipinski definition) is 4. The zero-order valence-electron chi connectivity index (χ0n) is 12.8. The maximum Gasteiger partial charge on any atom is 0.237 e. The molecule has 2 unspecified atom stereocenters. The number of carbonyl (C=O) groups is 1. The Labute approximate surface area is 131 Å². The molecule has 2 atom stereocenters. The number of benzene rings is 1. The predicted molar refractivity (Wildman–Crippen MR) is 90.9 cm³/mol. The van der Waals surface area contributed by atoms with Gasteiger partial charge in [0.2, 0.25) is 5.91 Å². The van der Waals surface area contributed by atoms with Crippen molar-refractivity contribution in [1.82, 2.24) is 10.2 Å². The zero-order chi connectivity index (χ0) is 15.1. The lowest BCUT2D eigenvalue weighted by Crippen LogP contribution is -2.49. The second-order valence-corrected chi connectivity index (χ2v) is 6.71. The Kier molecular flexibility index (Phi) is 6.39. The van der Waals surface area contributed by atoms with Crippen molar-refractivity contribution in [2.24, 2.45) is 0 Å². The Balaban J connectivity index is 1.72. The Bertz CT molecular complexity index is 434. The van der Waals surface area contributed by atoms with Crippen LogP contribution in [0.3, 0.4) is 0 Å². The quantitative estimate of drug-likeness (QED) is 0.844. The summed E-state index contributed by atoms with van der Waals surface area (Å²) < 4.78 is 0. The van der Waals surface area contributed by atoms with Crippen LogP contribution in [0.5, 0.6) is 0 Å². The SMILES string of the molecule is CC(CNC(=O)C(C)N1CCSCC1)Nc1ccccc1. The average molecular weight is 307 g/mol. The third-order valence-corrected chi connectivity index (χ3v) is 4.68. The lowest BCUT2D eigenvalue weighted by atomic mass is 10.2. The monoisotopic (exact) mass is 307 g/mol. The van der Waals surface area contributed by atoms with Crippen molar-refractivity contribution in [3.8, 4) is 0 Å². The second kappa shape index (κ2) is 8.29. The molecule has 1 fully saturated rings. The van der Waals surface area contributed by atoms with Gasteiger partial charge in [-0.05, 0) is 26.0 Å². The molecule has 1 aliphatic rings. The molecule has 0 spiro atoms. The van der Waals surface area contributed by atoms with Crippen LogP contribution in [0.2, 0.25) is 0 Å². The van der Waals surface area contributed by atoms with Crippen molar-refractivity contribution in [3.05, 3.63) is 30.3 Å². The van der Waals surface area contributed by atoms with Gasteiger partial charge in [0.15, 0.2) is 0 Å². The van der Waals surface area contributed by atoms with Crippen LogP contribution in [-0.2, 0) is 4.79 Å². The minimum Gasteiger partial charge on any atom is -0.381 e. The number of nitrogens with one attached hydrogen (secondary N) is 2. The van der Waals surface area contributed by atoms with Crippen LogP contribution in [0.25, 0.3) is 0 Å². The van der Waals surface area contributed by atoms with E-state index in [1.165, 1.54) is 0 Å². The lowest BCUT2D eigenvalue weighted by molar-refractivity contribution is -0.125. The summed E-state index contributed by atoms with van der Waals surface area (Å²) in [6.07, 6.45) is 0. The molecule has 1 aromatic carbocycles. The van der Waals surface area contributed by atoms with E-state index in [1.54, 1.807) is 0 Å². The molecule has 0 bridgehead atoms. The summed E-state index contributed by atoms with van der Waals surface area (Å²) in [4.78, 5) is 14.5. The van der Waals surface area contributed by atoms with Gasteiger partial charge in [-0.1, -0.05) is 18.2 Å². The highest BCUT2D eigenvalue weighted by Gasteiger charge is 2.22. The van der Waals surface area contributed by atoms with Crippen LogP contribution < -0.4 is 10.6 Å². The molecule has 0 saturated carbocycles. The van der Waals surface area contributed by atoms with E-state index in [4.69, 9.17) is 0 Å². The van der Waals surface area contributed by atoms with Gasteiger partial charge in [0.05, 0.1) is 6.04 Å². The first-order chi connectivity index (χ1) is 10.2. The van der Waals surface area contributed by atoms with Gasteiger partial charge < -0.3 is 10.6 Å². The Morgan fingerprint density at radius 1 is 1.24 bits per heavy atom. The molecule has 1 saturated heterocycles. The van der Waals surface area contributed by atoms with E-state index < -0.39 is 0 Å². The maximum atomic E-state index is 12.2. The first kappa shape index (κ1) is 16.2. The van der Waals surface area contributed by atoms with Crippen LogP contribution in [0.15, 0.2) is 30.3 Å². The third kappa shape index (κ3) is 5.25. The normalized spacial score (nSPS) is 18.8. The van der Waals surface area contributed by atoms with Crippen LogP contribution in [0.1, 0.15) is 13.8 Å². The van der Waals surface area contributed by atoms with E-state index in [2.05, 4.69) is 22.5 Å². The first-order valence-corrected chi connectivity index (χ1v) is 8.73. The van der Waals surface area contributed by atoms with Gasteiger partial charge >= 0.3 is 0 Å². The topological polar surface area (TPSA) is 44.4 Å². The summed E-state index contributed by atoms with van der Waals surface area (Å²) in [5.74, 6) is 2.39. The van der Waals surface area contributed by atoms with Crippen molar-refractivity contribution >= 4 is 23.4 Å². The number of rotatable bonds is 6. The maximum absolute atomic E-state index is 12.2.